The normalized spacial score (nSPS) is 14.9. The minimum Gasteiger partial charge on any atom is -0.369 e. The zero-order chi connectivity index (χ0) is 20.4. The highest BCUT2D eigenvalue weighted by Gasteiger charge is 2.19. The Morgan fingerprint density at radius 1 is 1.07 bits per heavy atom. The molecule has 2 aromatic heterocycles. The fourth-order valence-corrected chi connectivity index (χ4v) is 3.64. The molecular weight excluding hydrogens is 390 g/mol. The number of piperazine rings is 1. The summed E-state index contributed by atoms with van der Waals surface area (Å²) in [7, 11) is 1.92. The Hall–Kier alpha value is -3.11. The van der Waals surface area contributed by atoms with E-state index in [-0.39, 0.29) is 10.6 Å². The van der Waals surface area contributed by atoms with Gasteiger partial charge in [0.05, 0.1) is 11.6 Å². The number of hydrogen-bond acceptors (Lipinski definition) is 7. The van der Waals surface area contributed by atoms with E-state index < -0.39 is 0 Å². The van der Waals surface area contributed by atoms with Gasteiger partial charge in [0.15, 0.2) is 10.6 Å². The van der Waals surface area contributed by atoms with Crippen LogP contribution >= 0.6 is 12.2 Å². The van der Waals surface area contributed by atoms with Gasteiger partial charge < -0.3 is 9.47 Å². The van der Waals surface area contributed by atoms with Gasteiger partial charge in [0.1, 0.15) is 0 Å². The Bertz CT molecular complexity index is 1050. The van der Waals surface area contributed by atoms with Crippen LogP contribution < -0.4 is 4.90 Å². The summed E-state index contributed by atoms with van der Waals surface area (Å²) in [6.07, 6.45) is 3.49. The molecule has 1 aliphatic heterocycles. The van der Waals surface area contributed by atoms with Crippen molar-refractivity contribution in [2.45, 2.75) is 6.67 Å². The second kappa shape index (κ2) is 8.10. The fraction of sp³-hybridized carbons (Fsp3) is 0.316. The number of benzene rings is 1. The molecule has 1 aromatic carbocycles. The van der Waals surface area contributed by atoms with Crippen molar-refractivity contribution in [3.8, 4) is 11.4 Å². The van der Waals surface area contributed by atoms with Gasteiger partial charge in [-0.1, -0.05) is 0 Å². The van der Waals surface area contributed by atoms with Gasteiger partial charge in [-0.3, -0.25) is 20.0 Å². The van der Waals surface area contributed by atoms with Gasteiger partial charge >= 0.3 is 0 Å². The molecule has 1 aliphatic rings. The van der Waals surface area contributed by atoms with Crippen LogP contribution in [0.4, 0.5) is 11.4 Å². The van der Waals surface area contributed by atoms with Crippen molar-refractivity contribution in [1.82, 2.24) is 24.2 Å². The molecule has 0 aliphatic carbocycles. The molecule has 0 amide bonds. The van der Waals surface area contributed by atoms with Crippen molar-refractivity contribution in [3.05, 3.63) is 63.7 Å². The average Bonchev–Trinajstić information content (AvgIpc) is 3.03. The minimum atomic E-state index is -0.377. The Labute approximate surface area is 173 Å². The van der Waals surface area contributed by atoms with Crippen LogP contribution in [-0.4, -0.2) is 55.3 Å². The molecule has 10 heteroatoms. The lowest BCUT2D eigenvalue weighted by atomic mass is 10.2. The van der Waals surface area contributed by atoms with E-state index in [0.717, 1.165) is 43.3 Å². The molecule has 1 saturated heterocycles. The van der Waals surface area contributed by atoms with Crippen molar-refractivity contribution in [1.29, 1.82) is 0 Å². The second-order valence-corrected chi connectivity index (χ2v) is 7.29. The van der Waals surface area contributed by atoms with Gasteiger partial charge in [-0.2, -0.15) is 5.10 Å². The van der Waals surface area contributed by atoms with E-state index in [0.29, 0.717) is 11.4 Å². The first-order chi connectivity index (χ1) is 14.0. The maximum atomic E-state index is 10.8. The summed E-state index contributed by atoms with van der Waals surface area (Å²) in [5.41, 5.74) is 2.10. The lowest BCUT2D eigenvalue weighted by Crippen LogP contribution is -2.47. The molecule has 9 nitrogen and oxygen atoms in total. The molecule has 3 aromatic rings. The van der Waals surface area contributed by atoms with E-state index in [1.807, 2.05) is 40.6 Å². The van der Waals surface area contributed by atoms with E-state index >= 15 is 0 Å². The first kappa shape index (κ1) is 19.2. The number of nitrogens with zero attached hydrogens (tertiary/aromatic N) is 7. The van der Waals surface area contributed by atoms with Crippen LogP contribution in [0.25, 0.3) is 11.4 Å². The molecule has 4 rings (SSSR count). The summed E-state index contributed by atoms with van der Waals surface area (Å²) >= 11 is 5.57. The van der Waals surface area contributed by atoms with Gasteiger partial charge in [0.25, 0.3) is 5.69 Å². The first-order valence-corrected chi connectivity index (χ1v) is 9.70. The Balaban J connectivity index is 1.41. The number of nitro benzene ring substituents is 1. The number of anilines is 1. The lowest BCUT2D eigenvalue weighted by molar-refractivity contribution is -0.384. The summed E-state index contributed by atoms with van der Waals surface area (Å²) in [6.45, 7) is 4.04. The van der Waals surface area contributed by atoms with Gasteiger partial charge in [-0.15, -0.1) is 0 Å². The molecule has 0 N–H and O–H groups in total. The van der Waals surface area contributed by atoms with E-state index in [2.05, 4.69) is 14.8 Å². The van der Waals surface area contributed by atoms with Crippen LogP contribution in [0.2, 0.25) is 0 Å². The van der Waals surface area contributed by atoms with Crippen molar-refractivity contribution in [2.24, 2.45) is 7.05 Å². The van der Waals surface area contributed by atoms with Crippen LogP contribution in [0.15, 0.2) is 48.8 Å². The maximum absolute atomic E-state index is 10.8. The highest BCUT2D eigenvalue weighted by Crippen LogP contribution is 2.21. The zero-order valence-corrected chi connectivity index (χ0v) is 16.8. The van der Waals surface area contributed by atoms with Gasteiger partial charge in [0.2, 0.25) is 0 Å². The Kier molecular flexibility index (Phi) is 5.36. The van der Waals surface area contributed by atoms with Gasteiger partial charge in [0, 0.05) is 69.0 Å². The molecule has 29 heavy (non-hydrogen) atoms. The summed E-state index contributed by atoms with van der Waals surface area (Å²) in [6, 6.07) is 10.6. The fourth-order valence-electron chi connectivity index (χ4n) is 3.45. The van der Waals surface area contributed by atoms with Crippen molar-refractivity contribution >= 4 is 23.6 Å². The number of nitro groups is 1. The second-order valence-electron chi connectivity index (χ2n) is 6.92. The number of hydrogen-bond donors (Lipinski definition) is 0. The van der Waals surface area contributed by atoms with E-state index in [9.17, 15) is 10.1 Å². The Morgan fingerprint density at radius 3 is 2.34 bits per heavy atom. The average molecular weight is 411 g/mol. The summed E-state index contributed by atoms with van der Waals surface area (Å²) in [4.78, 5) is 19.0. The maximum Gasteiger partial charge on any atom is 0.269 e. The third-order valence-electron chi connectivity index (χ3n) is 5.11. The van der Waals surface area contributed by atoms with Crippen LogP contribution in [0.3, 0.4) is 0 Å². The van der Waals surface area contributed by atoms with E-state index in [1.54, 1.807) is 24.5 Å². The van der Waals surface area contributed by atoms with Gasteiger partial charge in [-0.25, -0.2) is 4.68 Å². The molecule has 0 atom stereocenters. The topological polar surface area (TPSA) is 85.3 Å². The number of rotatable bonds is 5. The summed E-state index contributed by atoms with van der Waals surface area (Å²) in [5.74, 6) is 0.821. The van der Waals surface area contributed by atoms with Crippen LogP contribution in [0.1, 0.15) is 0 Å². The van der Waals surface area contributed by atoms with Crippen LogP contribution in [-0.2, 0) is 13.7 Å². The number of pyridine rings is 1. The highest BCUT2D eigenvalue weighted by molar-refractivity contribution is 7.71. The quantitative estimate of drug-likeness (QED) is 0.362. The van der Waals surface area contributed by atoms with Gasteiger partial charge in [-0.05, 0) is 36.5 Å². The third-order valence-corrected chi connectivity index (χ3v) is 5.60. The summed E-state index contributed by atoms with van der Waals surface area (Å²) in [5, 5.41) is 15.5. The highest BCUT2D eigenvalue weighted by atomic mass is 32.1. The zero-order valence-electron chi connectivity index (χ0n) is 16.0. The van der Waals surface area contributed by atoms with Crippen molar-refractivity contribution in [2.75, 3.05) is 31.1 Å². The standard InChI is InChI=1S/C19H21N7O2S/c1-22-18(15-6-8-20-9-7-15)21-25(19(22)29)14-23-10-12-24(13-11-23)16-2-4-17(5-3-16)26(27)28/h2-9H,10-14H2,1H3. The molecule has 0 spiro atoms. The third kappa shape index (κ3) is 4.03. The minimum absolute atomic E-state index is 0.113. The molecule has 0 bridgehead atoms. The van der Waals surface area contributed by atoms with Crippen molar-refractivity contribution < 1.29 is 4.92 Å². The molecule has 1 fully saturated rings. The SMILES string of the molecule is Cn1c(-c2ccncc2)nn(CN2CCN(c3ccc([N+](=O)[O-])cc3)CC2)c1=S. The largest absolute Gasteiger partial charge is 0.369 e. The lowest BCUT2D eigenvalue weighted by Gasteiger charge is -2.35. The van der Waals surface area contributed by atoms with E-state index in [4.69, 9.17) is 17.3 Å². The molecular formula is C19H21N7O2S. The smallest absolute Gasteiger partial charge is 0.269 e. The van der Waals surface area contributed by atoms with Crippen LogP contribution in [0, 0.1) is 14.9 Å². The predicted molar refractivity (Wildman–Crippen MR) is 112 cm³/mol. The van der Waals surface area contributed by atoms with Crippen molar-refractivity contribution in [3.63, 3.8) is 0 Å². The molecule has 0 unspecified atom stereocenters. The van der Waals surface area contributed by atoms with E-state index in [1.165, 1.54) is 0 Å². The predicted octanol–water partition coefficient (Wildman–Crippen LogP) is 2.70. The number of non-ortho nitro benzene ring substituents is 1. The monoisotopic (exact) mass is 411 g/mol. The molecule has 150 valence electrons. The summed E-state index contributed by atoms with van der Waals surface area (Å²) < 4.78 is 4.44. The number of aromatic nitrogens is 4. The molecule has 0 saturated carbocycles. The Morgan fingerprint density at radius 2 is 1.72 bits per heavy atom. The molecule has 3 heterocycles. The first-order valence-electron chi connectivity index (χ1n) is 9.29. The molecule has 0 radical (unpaired) electrons. The van der Waals surface area contributed by atoms with Crippen LogP contribution in [0.5, 0.6) is 0 Å².